The first kappa shape index (κ1) is 8.94. The first-order valence-electron chi connectivity index (χ1n) is 3.43. The maximum atomic E-state index is 4.29. The number of alkyl halides is 1. The second-order valence-electron chi connectivity index (χ2n) is 2.33. The van der Waals surface area contributed by atoms with Crippen molar-refractivity contribution in [2.45, 2.75) is 18.7 Å². The van der Waals surface area contributed by atoms with Crippen LogP contribution < -0.4 is 0 Å². The van der Waals surface area contributed by atoms with Crippen LogP contribution in [0.3, 0.4) is 0 Å². The van der Waals surface area contributed by atoms with Gasteiger partial charge in [0, 0.05) is 10.2 Å². The van der Waals surface area contributed by atoms with Crippen molar-refractivity contribution in [2.24, 2.45) is 0 Å². The fraction of sp³-hybridized carbons (Fsp3) is 0.375. The van der Waals surface area contributed by atoms with E-state index in [1.807, 2.05) is 13.0 Å². The summed E-state index contributed by atoms with van der Waals surface area (Å²) in [6, 6.07) is 0. The summed E-state index contributed by atoms with van der Waals surface area (Å²) in [5, 5.41) is 3.17. The summed E-state index contributed by atoms with van der Waals surface area (Å²) in [5.74, 6) is 0. The molecule has 0 amide bonds. The van der Waals surface area contributed by atoms with Gasteiger partial charge in [0.25, 0.3) is 0 Å². The Balaban J connectivity index is 2.64. The van der Waals surface area contributed by atoms with E-state index in [-0.39, 0.29) is 0 Å². The van der Waals surface area contributed by atoms with E-state index in [0.717, 1.165) is 10.7 Å². The highest BCUT2D eigenvalue weighted by atomic mass is 79.9. The average Bonchev–Trinajstić information content (AvgIpc) is 2.31. The molecule has 0 aliphatic heterocycles. The zero-order valence-corrected chi connectivity index (χ0v) is 8.95. The maximum absolute atomic E-state index is 4.29. The van der Waals surface area contributed by atoms with Crippen molar-refractivity contribution < 1.29 is 0 Å². The molecule has 0 N–H and O–H groups in total. The molecule has 0 radical (unpaired) electrons. The lowest BCUT2D eigenvalue weighted by Crippen LogP contribution is -1.79. The Hall–Kier alpha value is -0.150. The molecule has 1 heterocycles. The number of aromatic nitrogens is 1. The fourth-order valence-electron chi connectivity index (χ4n) is 0.688. The Morgan fingerprint density at radius 2 is 2.45 bits per heavy atom. The highest BCUT2D eigenvalue weighted by molar-refractivity contribution is 9.09. The Morgan fingerprint density at radius 1 is 1.73 bits per heavy atom. The third kappa shape index (κ3) is 3.16. The summed E-state index contributed by atoms with van der Waals surface area (Å²) >= 11 is 5.11. The van der Waals surface area contributed by atoms with Gasteiger partial charge >= 0.3 is 0 Å². The molecule has 0 aliphatic rings. The SMILES string of the molecule is Cc1nc(/C=C/C(C)Br)cs1. The van der Waals surface area contributed by atoms with Crippen LogP contribution in [0.1, 0.15) is 17.6 Å². The molecular weight excluding hydrogens is 222 g/mol. The van der Waals surface area contributed by atoms with E-state index in [9.17, 15) is 0 Å². The summed E-state index contributed by atoms with van der Waals surface area (Å²) in [7, 11) is 0. The lowest BCUT2D eigenvalue weighted by atomic mass is 10.3. The molecule has 0 aliphatic carbocycles. The Morgan fingerprint density at radius 3 is 2.91 bits per heavy atom. The number of halogens is 1. The third-order valence-corrected chi connectivity index (χ3v) is 2.27. The van der Waals surface area contributed by atoms with Gasteiger partial charge in [0.05, 0.1) is 10.7 Å². The van der Waals surface area contributed by atoms with Crippen molar-refractivity contribution >= 4 is 33.3 Å². The highest BCUT2D eigenvalue weighted by Crippen LogP contribution is 2.10. The number of aryl methyl sites for hydroxylation is 1. The molecule has 0 saturated heterocycles. The van der Waals surface area contributed by atoms with Crippen molar-refractivity contribution in [3.63, 3.8) is 0 Å². The molecule has 1 atom stereocenters. The van der Waals surface area contributed by atoms with Crippen molar-refractivity contribution in [1.82, 2.24) is 4.98 Å². The van der Waals surface area contributed by atoms with E-state index in [1.165, 1.54) is 0 Å². The minimum absolute atomic E-state index is 0.421. The fourth-order valence-corrected chi connectivity index (χ4v) is 1.42. The molecule has 0 saturated carbocycles. The zero-order chi connectivity index (χ0) is 8.27. The van der Waals surface area contributed by atoms with Gasteiger partial charge in [0.2, 0.25) is 0 Å². The molecular formula is C8H10BrNS. The summed E-state index contributed by atoms with van der Waals surface area (Å²) in [4.78, 5) is 4.71. The van der Waals surface area contributed by atoms with Gasteiger partial charge in [-0.3, -0.25) is 0 Å². The summed E-state index contributed by atoms with van der Waals surface area (Å²) in [5.41, 5.74) is 1.05. The van der Waals surface area contributed by atoms with E-state index in [2.05, 4.69) is 39.3 Å². The summed E-state index contributed by atoms with van der Waals surface area (Å²) < 4.78 is 0. The second kappa shape index (κ2) is 4.02. The molecule has 60 valence electrons. The van der Waals surface area contributed by atoms with Crippen LogP contribution in [-0.2, 0) is 0 Å². The minimum atomic E-state index is 0.421. The van der Waals surface area contributed by atoms with Gasteiger partial charge in [-0.05, 0) is 19.9 Å². The van der Waals surface area contributed by atoms with Crippen molar-refractivity contribution in [3.05, 3.63) is 22.2 Å². The quantitative estimate of drug-likeness (QED) is 0.713. The van der Waals surface area contributed by atoms with Gasteiger partial charge in [-0.2, -0.15) is 0 Å². The molecule has 1 rings (SSSR count). The number of hydrogen-bond acceptors (Lipinski definition) is 2. The van der Waals surface area contributed by atoms with E-state index < -0.39 is 0 Å². The Labute approximate surface area is 79.3 Å². The molecule has 0 spiro atoms. The molecule has 0 aromatic carbocycles. The molecule has 1 unspecified atom stereocenters. The standard InChI is InChI=1S/C8H10BrNS/c1-6(9)3-4-8-5-11-7(2)10-8/h3-6H,1-2H3/b4-3+. The van der Waals surface area contributed by atoms with Crippen molar-refractivity contribution in [3.8, 4) is 0 Å². The van der Waals surface area contributed by atoms with Gasteiger partial charge in [-0.15, -0.1) is 11.3 Å². The third-order valence-electron chi connectivity index (χ3n) is 1.17. The number of nitrogens with zero attached hydrogens (tertiary/aromatic N) is 1. The van der Waals surface area contributed by atoms with Gasteiger partial charge in [-0.1, -0.05) is 22.0 Å². The van der Waals surface area contributed by atoms with Crippen LogP contribution in [0.2, 0.25) is 0 Å². The number of rotatable bonds is 2. The van der Waals surface area contributed by atoms with Gasteiger partial charge in [0.15, 0.2) is 0 Å². The minimum Gasteiger partial charge on any atom is -0.242 e. The zero-order valence-electron chi connectivity index (χ0n) is 6.54. The predicted octanol–water partition coefficient (Wildman–Crippen LogP) is 3.25. The first-order chi connectivity index (χ1) is 5.18. The van der Waals surface area contributed by atoms with Crippen LogP contribution >= 0.6 is 27.3 Å². The van der Waals surface area contributed by atoms with Crippen LogP contribution in [0.4, 0.5) is 0 Å². The largest absolute Gasteiger partial charge is 0.242 e. The van der Waals surface area contributed by atoms with Gasteiger partial charge in [-0.25, -0.2) is 4.98 Å². The van der Waals surface area contributed by atoms with Crippen molar-refractivity contribution in [1.29, 1.82) is 0 Å². The summed E-state index contributed by atoms with van der Waals surface area (Å²) in [6.07, 6.45) is 4.11. The van der Waals surface area contributed by atoms with Crippen molar-refractivity contribution in [2.75, 3.05) is 0 Å². The Bertz CT molecular complexity index is 252. The number of allylic oxidation sites excluding steroid dienone is 1. The molecule has 3 heteroatoms. The van der Waals surface area contributed by atoms with E-state index in [4.69, 9.17) is 0 Å². The number of thiazole rings is 1. The topological polar surface area (TPSA) is 12.9 Å². The summed E-state index contributed by atoms with van der Waals surface area (Å²) in [6.45, 7) is 4.09. The van der Waals surface area contributed by atoms with Crippen LogP contribution in [0.5, 0.6) is 0 Å². The Kier molecular flexibility index (Phi) is 3.27. The lowest BCUT2D eigenvalue weighted by Gasteiger charge is -1.88. The van der Waals surface area contributed by atoms with E-state index >= 15 is 0 Å². The maximum Gasteiger partial charge on any atom is 0.0901 e. The van der Waals surface area contributed by atoms with Crippen LogP contribution in [0, 0.1) is 6.92 Å². The van der Waals surface area contributed by atoms with Crippen LogP contribution in [-0.4, -0.2) is 9.81 Å². The predicted molar refractivity (Wildman–Crippen MR) is 54.3 cm³/mol. The highest BCUT2D eigenvalue weighted by Gasteiger charge is 1.92. The van der Waals surface area contributed by atoms with Crippen LogP contribution in [0.25, 0.3) is 6.08 Å². The van der Waals surface area contributed by atoms with E-state index in [0.29, 0.717) is 4.83 Å². The smallest absolute Gasteiger partial charge is 0.0901 e. The average molecular weight is 232 g/mol. The second-order valence-corrected chi connectivity index (χ2v) is 4.83. The molecule has 11 heavy (non-hydrogen) atoms. The number of hydrogen-bond donors (Lipinski definition) is 0. The molecule has 1 aromatic rings. The van der Waals surface area contributed by atoms with E-state index in [1.54, 1.807) is 11.3 Å². The molecule has 1 aromatic heterocycles. The van der Waals surface area contributed by atoms with Gasteiger partial charge in [0.1, 0.15) is 0 Å². The molecule has 1 nitrogen and oxygen atoms in total. The lowest BCUT2D eigenvalue weighted by molar-refractivity contribution is 1.25. The monoisotopic (exact) mass is 231 g/mol. The molecule has 0 fully saturated rings. The normalized spacial score (nSPS) is 14.1. The van der Waals surface area contributed by atoms with Crippen LogP contribution in [0.15, 0.2) is 11.5 Å². The molecule has 0 bridgehead atoms. The van der Waals surface area contributed by atoms with Gasteiger partial charge < -0.3 is 0 Å². The first-order valence-corrected chi connectivity index (χ1v) is 5.22.